The van der Waals surface area contributed by atoms with E-state index < -0.39 is 0 Å². The number of amides is 1. The van der Waals surface area contributed by atoms with Crippen molar-refractivity contribution in [2.45, 2.75) is 71.4 Å². The molecule has 3 nitrogen and oxygen atoms in total. The Morgan fingerprint density at radius 2 is 2.06 bits per heavy atom. The first kappa shape index (κ1) is 14.5. The molecule has 0 aromatic heterocycles. The normalized spacial score (nSPS) is 29.2. The third-order valence-electron chi connectivity index (χ3n) is 4.16. The summed E-state index contributed by atoms with van der Waals surface area (Å²) in [5.74, 6) is 1.11. The van der Waals surface area contributed by atoms with Gasteiger partial charge in [0, 0.05) is 6.04 Å². The molecule has 0 radical (unpaired) electrons. The maximum Gasteiger partial charge on any atom is 0.237 e. The first-order valence-corrected chi connectivity index (χ1v) is 7.10. The third-order valence-corrected chi connectivity index (χ3v) is 4.16. The molecule has 3 N–H and O–H groups in total. The molecule has 0 aromatic carbocycles. The van der Waals surface area contributed by atoms with Crippen molar-refractivity contribution in [3.63, 3.8) is 0 Å². The van der Waals surface area contributed by atoms with E-state index in [-0.39, 0.29) is 17.9 Å². The van der Waals surface area contributed by atoms with Crippen LogP contribution in [-0.4, -0.2) is 18.0 Å². The topological polar surface area (TPSA) is 55.1 Å². The summed E-state index contributed by atoms with van der Waals surface area (Å²) in [6.45, 7) is 6.42. The molecule has 1 saturated carbocycles. The lowest BCUT2D eigenvalue weighted by Crippen LogP contribution is -2.48. The lowest BCUT2D eigenvalue weighted by molar-refractivity contribution is -0.124. The number of nitrogens with two attached hydrogens (primary N) is 1. The summed E-state index contributed by atoms with van der Waals surface area (Å²) in [4.78, 5) is 12.0. The van der Waals surface area contributed by atoms with Gasteiger partial charge in [-0.15, -0.1) is 0 Å². The van der Waals surface area contributed by atoms with Crippen LogP contribution in [-0.2, 0) is 4.79 Å². The number of nitrogens with one attached hydrogen (secondary N) is 1. The van der Waals surface area contributed by atoms with E-state index in [0.717, 1.165) is 25.2 Å². The predicted molar refractivity (Wildman–Crippen MR) is 71.6 cm³/mol. The average molecular weight is 240 g/mol. The zero-order valence-electron chi connectivity index (χ0n) is 11.5. The predicted octanol–water partition coefficient (Wildman–Crippen LogP) is 2.44. The second-order valence-corrected chi connectivity index (χ2v) is 5.73. The smallest absolute Gasteiger partial charge is 0.237 e. The van der Waals surface area contributed by atoms with E-state index in [0.29, 0.717) is 6.04 Å². The number of hydrogen-bond acceptors (Lipinski definition) is 2. The second-order valence-electron chi connectivity index (χ2n) is 5.73. The molecule has 1 aliphatic rings. The summed E-state index contributed by atoms with van der Waals surface area (Å²) in [7, 11) is 0. The molecule has 4 atom stereocenters. The Labute approximate surface area is 106 Å². The van der Waals surface area contributed by atoms with Gasteiger partial charge >= 0.3 is 0 Å². The van der Waals surface area contributed by atoms with E-state index in [9.17, 15) is 4.79 Å². The minimum absolute atomic E-state index is 0.0407. The Hall–Kier alpha value is -0.570. The molecule has 1 amide bonds. The fourth-order valence-electron chi connectivity index (χ4n) is 2.44. The van der Waals surface area contributed by atoms with Crippen molar-refractivity contribution in [1.29, 1.82) is 0 Å². The van der Waals surface area contributed by atoms with Crippen LogP contribution in [0, 0.1) is 11.8 Å². The molecular weight excluding hydrogens is 212 g/mol. The second kappa shape index (κ2) is 7.00. The summed E-state index contributed by atoms with van der Waals surface area (Å²) >= 11 is 0. The van der Waals surface area contributed by atoms with E-state index in [1.54, 1.807) is 0 Å². The molecule has 0 aliphatic heterocycles. The lowest BCUT2D eigenvalue weighted by atomic mass is 9.98. The van der Waals surface area contributed by atoms with Gasteiger partial charge in [-0.3, -0.25) is 4.79 Å². The SMILES string of the molecule is CCC(C)[C@H](N)C(=O)NC1CCCC(C)CC1. The van der Waals surface area contributed by atoms with Gasteiger partial charge in [0.2, 0.25) is 5.91 Å². The van der Waals surface area contributed by atoms with E-state index in [1.165, 1.54) is 19.3 Å². The van der Waals surface area contributed by atoms with Crippen molar-refractivity contribution in [3.05, 3.63) is 0 Å². The highest BCUT2D eigenvalue weighted by molar-refractivity contribution is 5.82. The Bertz CT molecular complexity index is 242. The van der Waals surface area contributed by atoms with Crippen molar-refractivity contribution in [1.82, 2.24) is 5.32 Å². The first-order chi connectivity index (χ1) is 8.04. The van der Waals surface area contributed by atoms with Crippen LogP contribution in [0.2, 0.25) is 0 Å². The van der Waals surface area contributed by atoms with Gasteiger partial charge in [-0.05, 0) is 31.1 Å². The van der Waals surface area contributed by atoms with Gasteiger partial charge < -0.3 is 11.1 Å². The van der Waals surface area contributed by atoms with Crippen LogP contribution >= 0.6 is 0 Å². The van der Waals surface area contributed by atoms with Crippen LogP contribution < -0.4 is 11.1 Å². The molecule has 0 spiro atoms. The summed E-state index contributed by atoms with van der Waals surface area (Å²) in [5, 5.41) is 3.13. The van der Waals surface area contributed by atoms with Crippen molar-refractivity contribution >= 4 is 5.91 Å². The zero-order chi connectivity index (χ0) is 12.8. The van der Waals surface area contributed by atoms with E-state index >= 15 is 0 Å². The summed E-state index contributed by atoms with van der Waals surface area (Å²) in [6, 6.07) is 0.00299. The summed E-state index contributed by atoms with van der Waals surface area (Å²) in [6.07, 6.45) is 6.93. The van der Waals surface area contributed by atoms with Crippen LogP contribution in [0.1, 0.15) is 59.3 Å². The molecule has 17 heavy (non-hydrogen) atoms. The molecule has 3 heteroatoms. The molecule has 0 bridgehead atoms. The van der Waals surface area contributed by atoms with Crippen LogP contribution in [0.5, 0.6) is 0 Å². The Kier molecular flexibility index (Phi) is 5.96. The third kappa shape index (κ3) is 4.66. The van der Waals surface area contributed by atoms with Crippen LogP contribution in [0.25, 0.3) is 0 Å². The van der Waals surface area contributed by atoms with Gasteiger partial charge in [0.25, 0.3) is 0 Å². The van der Waals surface area contributed by atoms with Crippen molar-refractivity contribution in [2.75, 3.05) is 0 Å². The van der Waals surface area contributed by atoms with Crippen molar-refractivity contribution < 1.29 is 4.79 Å². The minimum atomic E-state index is -0.347. The van der Waals surface area contributed by atoms with Crippen molar-refractivity contribution in [3.8, 4) is 0 Å². The van der Waals surface area contributed by atoms with Gasteiger partial charge in [0.1, 0.15) is 0 Å². The Morgan fingerprint density at radius 3 is 2.71 bits per heavy atom. The minimum Gasteiger partial charge on any atom is -0.352 e. The summed E-state index contributed by atoms with van der Waals surface area (Å²) in [5.41, 5.74) is 5.94. The highest BCUT2D eigenvalue weighted by atomic mass is 16.2. The lowest BCUT2D eigenvalue weighted by Gasteiger charge is -2.22. The fraction of sp³-hybridized carbons (Fsp3) is 0.929. The maximum atomic E-state index is 12.0. The van der Waals surface area contributed by atoms with Gasteiger partial charge in [0.05, 0.1) is 6.04 Å². The molecule has 0 aromatic rings. The van der Waals surface area contributed by atoms with Crippen LogP contribution in [0.4, 0.5) is 0 Å². The fourth-order valence-corrected chi connectivity index (χ4v) is 2.44. The van der Waals surface area contributed by atoms with Gasteiger partial charge in [-0.1, -0.05) is 40.0 Å². The quantitative estimate of drug-likeness (QED) is 0.742. The number of hydrogen-bond donors (Lipinski definition) is 2. The highest BCUT2D eigenvalue weighted by Gasteiger charge is 2.23. The van der Waals surface area contributed by atoms with E-state index in [1.807, 2.05) is 6.92 Å². The van der Waals surface area contributed by atoms with Crippen molar-refractivity contribution in [2.24, 2.45) is 17.6 Å². The molecule has 0 heterocycles. The standard InChI is InChI=1S/C14H28N2O/c1-4-11(3)13(15)14(17)16-12-7-5-6-10(2)8-9-12/h10-13H,4-9,15H2,1-3H3,(H,16,17)/t10?,11?,12?,13-/m0/s1. The number of rotatable bonds is 4. The number of carbonyl (C=O) groups is 1. The molecule has 1 rings (SSSR count). The number of carbonyl (C=O) groups excluding carboxylic acids is 1. The van der Waals surface area contributed by atoms with Crippen LogP contribution in [0.15, 0.2) is 0 Å². The molecule has 100 valence electrons. The Morgan fingerprint density at radius 1 is 1.35 bits per heavy atom. The van der Waals surface area contributed by atoms with E-state index in [2.05, 4.69) is 19.2 Å². The first-order valence-electron chi connectivity index (χ1n) is 7.10. The largest absolute Gasteiger partial charge is 0.352 e. The van der Waals surface area contributed by atoms with Gasteiger partial charge in [-0.25, -0.2) is 0 Å². The van der Waals surface area contributed by atoms with Gasteiger partial charge in [0.15, 0.2) is 0 Å². The molecule has 1 aliphatic carbocycles. The average Bonchev–Trinajstić information content (AvgIpc) is 2.52. The van der Waals surface area contributed by atoms with Crippen LogP contribution in [0.3, 0.4) is 0 Å². The maximum absolute atomic E-state index is 12.0. The highest BCUT2D eigenvalue weighted by Crippen LogP contribution is 2.22. The molecule has 0 saturated heterocycles. The molecular formula is C14H28N2O. The molecule has 3 unspecified atom stereocenters. The molecule has 1 fully saturated rings. The van der Waals surface area contributed by atoms with Gasteiger partial charge in [-0.2, -0.15) is 0 Å². The zero-order valence-corrected chi connectivity index (χ0v) is 11.5. The monoisotopic (exact) mass is 240 g/mol. The van der Waals surface area contributed by atoms with E-state index in [4.69, 9.17) is 5.73 Å². The Balaban J connectivity index is 2.39. The summed E-state index contributed by atoms with van der Waals surface area (Å²) < 4.78 is 0.